The van der Waals surface area contributed by atoms with E-state index in [1.807, 2.05) is 12.1 Å². The number of carbonyl (C=O) groups excluding carboxylic acids is 3. The van der Waals surface area contributed by atoms with Crippen molar-refractivity contribution >= 4 is 17.7 Å². The number of hydrogen-bond donors (Lipinski definition) is 1. The predicted molar refractivity (Wildman–Crippen MR) is 103 cm³/mol. The summed E-state index contributed by atoms with van der Waals surface area (Å²) in [6.07, 6.45) is 3.03. The normalized spacial score (nSPS) is 18.8. The number of carbonyl (C=O) groups is 3. The van der Waals surface area contributed by atoms with Crippen LogP contribution in [-0.4, -0.2) is 29.2 Å². The molecular weight excluding hydrogens is 378 g/mol. The number of nitrogens with zero attached hydrogens (tertiary/aromatic N) is 1. The molecular formula is C22H22F2N2O3. The Kier molecular flexibility index (Phi) is 5.77. The third-order valence-corrected chi connectivity index (χ3v) is 5.14. The molecule has 1 saturated heterocycles. The van der Waals surface area contributed by atoms with Gasteiger partial charge >= 0.3 is 6.03 Å². The van der Waals surface area contributed by atoms with E-state index in [9.17, 15) is 23.2 Å². The topological polar surface area (TPSA) is 66.5 Å². The number of unbranched alkanes of at least 4 members (excludes halogenated alkanes) is 1. The van der Waals surface area contributed by atoms with Crippen LogP contribution < -0.4 is 5.32 Å². The highest BCUT2D eigenvalue weighted by molar-refractivity contribution is 6.11. The Balaban J connectivity index is 1.78. The third kappa shape index (κ3) is 4.04. The highest BCUT2D eigenvalue weighted by Gasteiger charge is 2.50. The van der Waals surface area contributed by atoms with E-state index in [0.29, 0.717) is 5.56 Å². The van der Waals surface area contributed by atoms with Crippen molar-refractivity contribution in [2.45, 2.75) is 38.6 Å². The minimum atomic E-state index is -1.78. The Bertz CT molecular complexity index is 959. The minimum Gasteiger partial charge on any atom is -0.319 e. The number of rotatable bonds is 7. The van der Waals surface area contributed by atoms with Gasteiger partial charge in [-0.15, -0.1) is 0 Å². The van der Waals surface area contributed by atoms with Crippen molar-refractivity contribution in [2.75, 3.05) is 6.54 Å². The van der Waals surface area contributed by atoms with Crippen LogP contribution in [0.4, 0.5) is 13.6 Å². The monoisotopic (exact) mass is 400 g/mol. The molecule has 152 valence electrons. The van der Waals surface area contributed by atoms with Crippen molar-refractivity contribution in [3.8, 4) is 0 Å². The summed E-state index contributed by atoms with van der Waals surface area (Å²) in [6, 6.07) is 8.89. The molecule has 0 bridgehead atoms. The summed E-state index contributed by atoms with van der Waals surface area (Å²) in [5.74, 6) is -2.78. The second-order valence-corrected chi connectivity index (χ2v) is 7.29. The lowest BCUT2D eigenvalue weighted by atomic mass is 9.91. The van der Waals surface area contributed by atoms with Gasteiger partial charge in [0.05, 0.1) is 6.54 Å². The quantitative estimate of drug-likeness (QED) is 0.565. The van der Waals surface area contributed by atoms with E-state index in [2.05, 4.69) is 12.2 Å². The molecule has 0 spiro atoms. The van der Waals surface area contributed by atoms with Gasteiger partial charge in [-0.1, -0.05) is 37.6 Å². The maximum atomic E-state index is 14.2. The lowest BCUT2D eigenvalue weighted by Gasteiger charge is -2.22. The van der Waals surface area contributed by atoms with Crippen LogP contribution in [0, 0.1) is 11.6 Å². The lowest BCUT2D eigenvalue weighted by molar-refractivity contribution is -0.130. The molecule has 29 heavy (non-hydrogen) atoms. The molecule has 1 N–H and O–H groups in total. The molecule has 1 aliphatic rings. The van der Waals surface area contributed by atoms with E-state index in [4.69, 9.17) is 0 Å². The van der Waals surface area contributed by atoms with Gasteiger partial charge in [-0.3, -0.25) is 14.5 Å². The van der Waals surface area contributed by atoms with Crippen LogP contribution in [0.2, 0.25) is 0 Å². The number of nitrogens with one attached hydrogen (secondary N) is 1. The van der Waals surface area contributed by atoms with E-state index in [-0.39, 0.29) is 5.56 Å². The largest absolute Gasteiger partial charge is 0.325 e. The van der Waals surface area contributed by atoms with Crippen LogP contribution in [0.3, 0.4) is 0 Å². The molecule has 3 amide bonds. The summed E-state index contributed by atoms with van der Waals surface area (Å²) in [5.41, 5.74) is -0.594. The summed E-state index contributed by atoms with van der Waals surface area (Å²) < 4.78 is 27.8. The second kappa shape index (κ2) is 8.11. The number of amides is 3. The highest BCUT2D eigenvalue weighted by atomic mass is 19.1. The lowest BCUT2D eigenvalue weighted by Crippen LogP contribution is -2.42. The first-order valence-corrected chi connectivity index (χ1v) is 9.48. The first-order chi connectivity index (χ1) is 13.8. The van der Waals surface area contributed by atoms with Gasteiger partial charge in [0.25, 0.3) is 5.91 Å². The molecule has 1 atom stereocenters. The van der Waals surface area contributed by atoms with E-state index in [1.54, 1.807) is 12.1 Å². The molecule has 5 nitrogen and oxygen atoms in total. The number of aryl methyl sites for hydroxylation is 1. The van der Waals surface area contributed by atoms with Crippen molar-refractivity contribution in [3.63, 3.8) is 0 Å². The predicted octanol–water partition coefficient (Wildman–Crippen LogP) is 3.96. The van der Waals surface area contributed by atoms with E-state index in [0.717, 1.165) is 47.9 Å². The average molecular weight is 400 g/mol. The molecule has 3 rings (SSSR count). The Morgan fingerprint density at radius 1 is 1.10 bits per heavy atom. The molecule has 7 heteroatoms. The standard InChI is InChI=1S/C22H22F2N2O3/c1-3-4-5-14-6-8-15(9-7-14)19(27)13-26-20(28)22(2,25-21(26)29)17-12-16(23)10-11-18(17)24/h6-12H,3-5,13H2,1-2H3,(H,25,29)/t22-/m0/s1. The first-order valence-electron chi connectivity index (χ1n) is 9.48. The van der Waals surface area contributed by atoms with Crippen LogP contribution >= 0.6 is 0 Å². The number of imide groups is 1. The van der Waals surface area contributed by atoms with Crippen LogP contribution in [-0.2, 0) is 16.8 Å². The second-order valence-electron chi connectivity index (χ2n) is 7.29. The zero-order chi connectivity index (χ0) is 21.2. The van der Waals surface area contributed by atoms with Gasteiger partial charge in [0.15, 0.2) is 5.78 Å². The summed E-state index contributed by atoms with van der Waals surface area (Å²) >= 11 is 0. The zero-order valence-electron chi connectivity index (χ0n) is 16.3. The number of halogens is 2. The molecule has 0 unspecified atom stereocenters. The van der Waals surface area contributed by atoms with E-state index in [1.165, 1.54) is 6.92 Å². The average Bonchev–Trinajstić information content (AvgIpc) is 2.92. The summed E-state index contributed by atoms with van der Waals surface area (Å²) in [5, 5.41) is 2.38. The maximum absolute atomic E-state index is 14.2. The molecule has 2 aromatic rings. The molecule has 0 saturated carbocycles. The number of benzene rings is 2. The molecule has 1 heterocycles. The molecule has 1 aliphatic heterocycles. The van der Waals surface area contributed by atoms with Crippen LogP contribution in [0.5, 0.6) is 0 Å². The molecule has 0 radical (unpaired) electrons. The zero-order valence-corrected chi connectivity index (χ0v) is 16.3. The minimum absolute atomic E-state index is 0.286. The number of urea groups is 1. The Morgan fingerprint density at radius 2 is 1.79 bits per heavy atom. The fraction of sp³-hybridized carbons (Fsp3) is 0.318. The van der Waals surface area contributed by atoms with Crippen molar-refractivity contribution in [1.29, 1.82) is 0 Å². The van der Waals surface area contributed by atoms with Gasteiger partial charge in [0.2, 0.25) is 0 Å². The van der Waals surface area contributed by atoms with Gasteiger partial charge in [0.1, 0.15) is 17.2 Å². The molecule has 0 aromatic heterocycles. The molecule has 0 aliphatic carbocycles. The van der Waals surface area contributed by atoms with Gasteiger partial charge in [-0.25, -0.2) is 13.6 Å². The molecule has 1 fully saturated rings. The number of ketones is 1. The first kappa shape index (κ1) is 20.6. The van der Waals surface area contributed by atoms with Crippen molar-refractivity contribution in [3.05, 3.63) is 70.8 Å². The number of Topliss-reactive ketones (excluding diaryl/α,β-unsaturated/α-hetero) is 1. The van der Waals surface area contributed by atoms with Crippen LogP contribution in [0.1, 0.15) is 48.2 Å². The number of hydrogen-bond acceptors (Lipinski definition) is 3. The van der Waals surface area contributed by atoms with Gasteiger partial charge in [-0.05, 0) is 43.5 Å². The fourth-order valence-corrected chi connectivity index (χ4v) is 3.38. The Morgan fingerprint density at radius 3 is 2.45 bits per heavy atom. The summed E-state index contributed by atoms with van der Waals surface area (Å²) in [6.45, 7) is 2.91. The van der Waals surface area contributed by atoms with Crippen LogP contribution in [0.15, 0.2) is 42.5 Å². The van der Waals surface area contributed by atoms with Crippen molar-refractivity contribution in [1.82, 2.24) is 10.2 Å². The van der Waals surface area contributed by atoms with Gasteiger partial charge in [-0.2, -0.15) is 0 Å². The highest BCUT2D eigenvalue weighted by Crippen LogP contribution is 2.31. The Labute approximate surface area is 167 Å². The SMILES string of the molecule is CCCCc1ccc(C(=O)CN2C(=O)N[C@@](C)(c3cc(F)ccc3F)C2=O)cc1. The summed E-state index contributed by atoms with van der Waals surface area (Å²) in [7, 11) is 0. The fourth-order valence-electron chi connectivity index (χ4n) is 3.38. The van der Waals surface area contributed by atoms with Gasteiger partial charge in [0, 0.05) is 11.1 Å². The summed E-state index contributed by atoms with van der Waals surface area (Å²) in [4.78, 5) is 38.5. The van der Waals surface area contributed by atoms with E-state index < -0.39 is 41.4 Å². The molecule has 2 aromatic carbocycles. The van der Waals surface area contributed by atoms with Gasteiger partial charge < -0.3 is 5.32 Å². The third-order valence-electron chi connectivity index (χ3n) is 5.14. The Hall–Kier alpha value is -3.09. The van der Waals surface area contributed by atoms with Crippen molar-refractivity contribution < 1.29 is 23.2 Å². The van der Waals surface area contributed by atoms with Crippen molar-refractivity contribution in [2.24, 2.45) is 0 Å². The van der Waals surface area contributed by atoms with E-state index >= 15 is 0 Å². The smallest absolute Gasteiger partial charge is 0.319 e. The van der Waals surface area contributed by atoms with Crippen LogP contribution in [0.25, 0.3) is 0 Å². The maximum Gasteiger partial charge on any atom is 0.325 e.